The smallest absolute Gasteiger partial charge is 0.410 e. The van der Waals surface area contributed by atoms with E-state index in [-0.39, 0.29) is 18.4 Å². The van der Waals surface area contributed by atoms with E-state index in [0.717, 1.165) is 11.3 Å². The number of aliphatic hydroxyl groups excluding tert-OH is 1. The summed E-state index contributed by atoms with van der Waals surface area (Å²) in [5.74, 6) is -0.171. The minimum atomic E-state index is -0.581. The molecule has 0 bridgehead atoms. The van der Waals surface area contributed by atoms with Gasteiger partial charge in [-0.3, -0.25) is 9.69 Å². The van der Waals surface area contributed by atoms with Crippen LogP contribution in [0, 0.1) is 0 Å². The van der Waals surface area contributed by atoms with Gasteiger partial charge in [-0.05, 0) is 38.8 Å². The van der Waals surface area contributed by atoms with Crippen molar-refractivity contribution in [3.05, 3.63) is 29.8 Å². The van der Waals surface area contributed by atoms with Gasteiger partial charge in [0.1, 0.15) is 11.6 Å². The quantitative estimate of drug-likeness (QED) is 0.900. The molecule has 0 aromatic heterocycles. The molecule has 6 heteroatoms. The van der Waals surface area contributed by atoms with Crippen molar-refractivity contribution in [1.82, 2.24) is 4.90 Å². The van der Waals surface area contributed by atoms with Crippen LogP contribution in [-0.2, 0) is 9.53 Å². The van der Waals surface area contributed by atoms with E-state index in [1.165, 1.54) is 4.90 Å². The molecular weight excluding hydrogens is 308 g/mol. The van der Waals surface area contributed by atoms with Crippen LogP contribution in [0.2, 0.25) is 0 Å². The van der Waals surface area contributed by atoms with Crippen LogP contribution in [0.5, 0.6) is 0 Å². The number of rotatable bonds is 2. The molecule has 1 N–H and O–H groups in total. The van der Waals surface area contributed by atoms with Crippen LogP contribution < -0.4 is 4.90 Å². The van der Waals surface area contributed by atoms with Crippen LogP contribution in [0.15, 0.2) is 24.3 Å². The number of aliphatic hydroxyl groups is 1. The SMILES string of the molecule is CC(C)(C)OC(=O)N1CC[C@@H]1C(=O)N1CC(CO)c2ccccc21. The first kappa shape index (κ1) is 16.8. The highest BCUT2D eigenvalue weighted by Crippen LogP contribution is 2.37. The largest absolute Gasteiger partial charge is 0.444 e. The lowest BCUT2D eigenvalue weighted by Gasteiger charge is -2.41. The fraction of sp³-hybridized carbons (Fsp3) is 0.556. The van der Waals surface area contributed by atoms with Gasteiger partial charge in [0, 0.05) is 24.7 Å². The Labute approximate surface area is 142 Å². The summed E-state index contributed by atoms with van der Waals surface area (Å²) in [6, 6.07) is 7.14. The second-order valence-electron chi connectivity index (χ2n) is 7.37. The Hall–Kier alpha value is -2.08. The summed E-state index contributed by atoms with van der Waals surface area (Å²) in [7, 11) is 0. The fourth-order valence-corrected chi connectivity index (χ4v) is 3.22. The first-order valence-corrected chi connectivity index (χ1v) is 8.32. The molecule has 1 fully saturated rings. The lowest BCUT2D eigenvalue weighted by atomic mass is 10.0. The molecule has 0 aliphatic carbocycles. The first-order valence-electron chi connectivity index (χ1n) is 8.32. The van der Waals surface area contributed by atoms with Crippen molar-refractivity contribution >= 4 is 17.7 Å². The number of likely N-dealkylation sites (tertiary alicyclic amines) is 1. The first-order chi connectivity index (χ1) is 11.3. The summed E-state index contributed by atoms with van der Waals surface area (Å²) < 4.78 is 5.37. The standard InChI is InChI=1S/C18H24N2O4/c1-18(2,3)24-17(23)19-9-8-15(19)16(22)20-10-12(11-21)13-6-4-5-7-14(13)20/h4-7,12,15,21H,8-11H2,1-3H3/t12?,15-/m1/s1. The summed E-state index contributed by atoms with van der Waals surface area (Å²) in [5.41, 5.74) is 1.23. The lowest BCUT2D eigenvalue weighted by Crippen LogP contribution is -2.59. The number of carbonyl (C=O) groups excluding carboxylic acids is 2. The van der Waals surface area contributed by atoms with Gasteiger partial charge in [-0.1, -0.05) is 18.2 Å². The highest BCUT2D eigenvalue weighted by atomic mass is 16.6. The Morgan fingerprint density at radius 1 is 1.29 bits per heavy atom. The number of benzene rings is 1. The van der Waals surface area contributed by atoms with Crippen molar-refractivity contribution in [3.63, 3.8) is 0 Å². The maximum Gasteiger partial charge on any atom is 0.410 e. The van der Waals surface area contributed by atoms with Crippen molar-refractivity contribution in [2.24, 2.45) is 0 Å². The second kappa shape index (κ2) is 6.09. The number of para-hydroxylation sites is 1. The predicted octanol–water partition coefficient (Wildman–Crippen LogP) is 2.12. The molecule has 2 heterocycles. The Morgan fingerprint density at radius 3 is 2.58 bits per heavy atom. The Bertz CT molecular complexity index is 653. The summed E-state index contributed by atoms with van der Waals surface area (Å²) in [5, 5.41) is 9.57. The average molecular weight is 332 g/mol. The Morgan fingerprint density at radius 2 is 2.00 bits per heavy atom. The van der Waals surface area contributed by atoms with Crippen LogP contribution in [-0.4, -0.2) is 53.3 Å². The van der Waals surface area contributed by atoms with Crippen LogP contribution in [0.25, 0.3) is 0 Å². The molecule has 1 aromatic carbocycles. The van der Waals surface area contributed by atoms with Gasteiger partial charge in [0.2, 0.25) is 5.91 Å². The van der Waals surface area contributed by atoms with Crippen molar-refractivity contribution in [1.29, 1.82) is 0 Å². The molecular formula is C18H24N2O4. The van der Waals surface area contributed by atoms with E-state index in [4.69, 9.17) is 4.74 Å². The van der Waals surface area contributed by atoms with Gasteiger partial charge in [-0.2, -0.15) is 0 Å². The molecule has 6 nitrogen and oxygen atoms in total. The summed E-state index contributed by atoms with van der Waals surface area (Å²) in [4.78, 5) is 28.3. The number of hydrogen-bond acceptors (Lipinski definition) is 4. The van der Waals surface area contributed by atoms with Crippen molar-refractivity contribution < 1.29 is 19.4 Å². The monoisotopic (exact) mass is 332 g/mol. The number of anilines is 1. The van der Waals surface area contributed by atoms with E-state index in [0.29, 0.717) is 19.5 Å². The molecule has 0 saturated carbocycles. The van der Waals surface area contributed by atoms with E-state index < -0.39 is 17.7 Å². The fourth-order valence-electron chi connectivity index (χ4n) is 3.22. The van der Waals surface area contributed by atoms with E-state index in [1.54, 1.807) is 4.90 Å². The maximum absolute atomic E-state index is 12.9. The highest BCUT2D eigenvalue weighted by Gasteiger charge is 2.44. The van der Waals surface area contributed by atoms with Crippen LogP contribution >= 0.6 is 0 Å². The molecule has 2 atom stereocenters. The van der Waals surface area contributed by atoms with Crippen LogP contribution in [0.1, 0.15) is 38.7 Å². The van der Waals surface area contributed by atoms with E-state index >= 15 is 0 Å². The van der Waals surface area contributed by atoms with Crippen LogP contribution in [0.4, 0.5) is 10.5 Å². The maximum atomic E-state index is 12.9. The van der Waals surface area contributed by atoms with E-state index in [1.807, 2.05) is 45.0 Å². The molecule has 1 saturated heterocycles. The van der Waals surface area contributed by atoms with Crippen molar-refractivity contribution in [3.8, 4) is 0 Å². The Kier molecular flexibility index (Phi) is 4.25. The van der Waals surface area contributed by atoms with Crippen molar-refractivity contribution in [2.75, 3.05) is 24.6 Å². The third kappa shape index (κ3) is 2.98. The Balaban J connectivity index is 1.75. The molecule has 24 heavy (non-hydrogen) atoms. The normalized spacial score (nSPS) is 22.8. The van der Waals surface area contributed by atoms with Gasteiger partial charge in [0.05, 0.1) is 6.61 Å². The van der Waals surface area contributed by atoms with E-state index in [2.05, 4.69) is 0 Å². The molecule has 0 spiro atoms. The number of nitrogens with zero attached hydrogens (tertiary/aromatic N) is 2. The molecule has 2 aliphatic heterocycles. The molecule has 2 amide bonds. The van der Waals surface area contributed by atoms with Gasteiger partial charge in [0.15, 0.2) is 0 Å². The molecule has 2 aliphatic rings. The minimum Gasteiger partial charge on any atom is -0.444 e. The number of fused-ring (bicyclic) bond motifs is 1. The molecule has 1 aromatic rings. The number of ether oxygens (including phenoxy) is 1. The average Bonchev–Trinajstić information content (AvgIpc) is 2.82. The van der Waals surface area contributed by atoms with Crippen LogP contribution in [0.3, 0.4) is 0 Å². The number of carbonyl (C=O) groups is 2. The minimum absolute atomic E-state index is 0.00123. The zero-order valence-corrected chi connectivity index (χ0v) is 14.4. The van der Waals surface area contributed by atoms with Crippen molar-refractivity contribution in [2.45, 2.75) is 44.8 Å². The van der Waals surface area contributed by atoms with Gasteiger partial charge >= 0.3 is 6.09 Å². The number of hydrogen-bond donors (Lipinski definition) is 1. The third-order valence-corrected chi connectivity index (χ3v) is 4.49. The van der Waals surface area contributed by atoms with Gasteiger partial charge in [-0.15, -0.1) is 0 Å². The summed E-state index contributed by atoms with van der Waals surface area (Å²) in [6.07, 6.45) is 0.193. The zero-order chi connectivity index (χ0) is 17.5. The molecule has 3 rings (SSSR count). The summed E-state index contributed by atoms with van der Waals surface area (Å²) in [6.45, 7) is 6.41. The summed E-state index contributed by atoms with van der Waals surface area (Å²) >= 11 is 0. The predicted molar refractivity (Wildman–Crippen MR) is 90.0 cm³/mol. The second-order valence-corrected chi connectivity index (χ2v) is 7.37. The molecule has 130 valence electrons. The number of amides is 2. The molecule has 0 radical (unpaired) electrons. The third-order valence-electron chi connectivity index (χ3n) is 4.49. The lowest BCUT2D eigenvalue weighted by molar-refractivity contribution is -0.127. The van der Waals surface area contributed by atoms with Gasteiger partial charge < -0.3 is 14.7 Å². The topological polar surface area (TPSA) is 70.1 Å². The molecule has 1 unspecified atom stereocenters. The zero-order valence-electron chi connectivity index (χ0n) is 14.4. The van der Waals surface area contributed by atoms with E-state index in [9.17, 15) is 14.7 Å². The van der Waals surface area contributed by atoms with Gasteiger partial charge in [-0.25, -0.2) is 4.79 Å². The highest BCUT2D eigenvalue weighted by molar-refractivity contribution is 6.01. The van der Waals surface area contributed by atoms with Gasteiger partial charge in [0.25, 0.3) is 0 Å².